The Morgan fingerprint density at radius 3 is 2.35 bits per heavy atom. The van der Waals surface area contributed by atoms with Crippen molar-refractivity contribution in [2.45, 2.75) is 40.5 Å². The van der Waals surface area contributed by atoms with Gasteiger partial charge in [-0.25, -0.2) is 4.68 Å². The number of nitro benzene ring substituents is 1. The minimum Gasteiger partial charge on any atom is -0.329 e. The lowest BCUT2D eigenvalue weighted by Crippen LogP contribution is -2.39. The third-order valence-electron chi connectivity index (χ3n) is 6.78. The number of anilines is 1. The number of carbonyl (C=O) groups excluding carboxylic acids is 2. The van der Waals surface area contributed by atoms with Gasteiger partial charge in [0.15, 0.2) is 0 Å². The molecule has 0 bridgehead atoms. The Bertz CT molecular complexity index is 1540. The summed E-state index contributed by atoms with van der Waals surface area (Å²) >= 11 is 0. The van der Waals surface area contributed by atoms with Crippen molar-refractivity contribution >= 4 is 23.3 Å². The number of hydrogen-bond donors (Lipinski definition) is 1. The molecule has 4 aromatic rings. The second kappa shape index (κ2) is 12.4. The number of benzene rings is 3. The number of rotatable bonds is 10. The predicted octanol–water partition coefficient (Wildman–Crippen LogP) is 6.25. The molecule has 0 aliphatic heterocycles. The van der Waals surface area contributed by atoms with Crippen LogP contribution in [0.2, 0.25) is 0 Å². The van der Waals surface area contributed by atoms with Crippen LogP contribution in [0, 0.1) is 30.9 Å². The monoisotopic (exact) mass is 539 g/mol. The second-order valence-electron chi connectivity index (χ2n) is 9.76. The van der Waals surface area contributed by atoms with Gasteiger partial charge < -0.3 is 10.2 Å². The lowest BCUT2D eigenvalue weighted by molar-refractivity contribution is -0.385. The molecule has 40 heavy (non-hydrogen) atoms. The number of aryl methyl sites for hydroxylation is 3. The number of aromatic nitrogens is 2. The molecule has 9 nitrogen and oxygen atoms in total. The largest absolute Gasteiger partial charge is 0.329 e. The summed E-state index contributed by atoms with van der Waals surface area (Å²) in [6, 6.07) is 21.9. The Morgan fingerprint density at radius 2 is 1.68 bits per heavy atom. The smallest absolute Gasteiger partial charge is 0.273 e. The van der Waals surface area contributed by atoms with Crippen molar-refractivity contribution in [2.75, 3.05) is 18.4 Å². The number of carbonyl (C=O) groups is 2. The molecular weight excluding hydrogens is 506 g/mol. The molecule has 0 aliphatic rings. The van der Waals surface area contributed by atoms with Gasteiger partial charge in [0.1, 0.15) is 12.4 Å². The molecule has 206 valence electrons. The van der Waals surface area contributed by atoms with Crippen molar-refractivity contribution < 1.29 is 14.5 Å². The summed E-state index contributed by atoms with van der Waals surface area (Å²) in [5.41, 5.74) is 4.76. The molecule has 0 saturated carbocycles. The molecule has 1 aromatic heterocycles. The normalized spacial score (nSPS) is 10.8. The Kier molecular flexibility index (Phi) is 8.73. The number of amides is 2. The highest BCUT2D eigenvalue weighted by Gasteiger charge is 2.25. The van der Waals surface area contributed by atoms with Crippen LogP contribution in [0.5, 0.6) is 0 Å². The van der Waals surface area contributed by atoms with E-state index in [0.29, 0.717) is 24.3 Å². The van der Waals surface area contributed by atoms with Gasteiger partial charge >= 0.3 is 0 Å². The SMILES string of the molecule is CCCCN(CC(=O)Nc1c(-c2ccccc2)c(C)nn1-c1ccccc1C)C(=O)c1ccc(C)c([N+](=O)[O-])c1. The summed E-state index contributed by atoms with van der Waals surface area (Å²) in [5.74, 6) is -0.312. The first-order valence-electron chi connectivity index (χ1n) is 13.3. The van der Waals surface area contributed by atoms with E-state index in [4.69, 9.17) is 5.10 Å². The molecule has 4 rings (SSSR count). The van der Waals surface area contributed by atoms with Crippen LogP contribution in [0.1, 0.15) is 46.9 Å². The van der Waals surface area contributed by atoms with Crippen LogP contribution < -0.4 is 5.32 Å². The number of unbranched alkanes of at least 4 members (excludes halogenated alkanes) is 1. The van der Waals surface area contributed by atoms with Gasteiger partial charge in [-0.05, 0) is 50.5 Å². The molecule has 0 fully saturated rings. The molecular formula is C31H33N5O4. The van der Waals surface area contributed by atoms with Crippen LogP contribution in [0.4, 0.5) is 11.5 Å². The Hall–Kier alpha value is -4.79. The topological polar surface area (TPSA) is 110 Å². The van der Waals surface area contributed by atoms with Crippen LogP contribution in [0.15, 0.2) is 72.8 Å². The van der Waals surface area contributed by atoms with Gasteiger partial charge in [0.2, 0.25) is 5.91 Å². The van der Waals surface area contributed by atoms with Crippen LogP contribution in [0.3, 0.4) is 0 Å². The standard InChI is InChI=1S/C31H33N5O4/c1-5-6-18-34(31(38)25-17-16-22(3)27(19-25)36(39)40)20-28(37)32-30-29(24-13-8-7-9-14-24)23(4)33-35(30)26-15-11-10-12-21(26)2/h7-17,19H,5-6,18,20H2,1-4H3,(H,32,37). The zero-order valence-electron chi connectivity index (χ0n) is 23.2. The molecule has 1 heterocycles. The fraction of sp³-hybridized carbons (Fsp3) is 0.258. The highest BCUT2D eigenvalue weighted by Crippen LogP contribution is 2.34. The maximum atomic E-state index is 13.6. The Labute approximate surface area is 233 Å². The molecule has 9 heteroatoms. The minimum atomic E-state index is -0.505. The molecule has 0 aliphatic carbocycles. The van der Waals surface area contributed by atoms with Crippen molar-refractivity contribution in [1.82, 2.24) is 14.7 Å². The van der Waals surface area contributed by atoms with E-state index >= 15 is 0 Å². The minimum absolute atomic E-state index is 0.129. The molecule has 3 aromatic carbocycles. The molecule has 0 radical (unpaired) electrons. The third kappa shape index (κ3) is 6.09. The van der Waals surface area contributed by atoms with Gasteiger partial charge in [-0.1, -0.05) is 67.9 Å². The van der Waals surface area contributed by atoms with Crippen molar-refractivity contribution in [1.29, 1.82) is 0 Å². The van der Waals surface area contributed by atoms with E-state index in [1.165, 1.54) is 11.0 Å². The summed E-state index contributed by atoms with van der Waals surface area (Å²) in [7, 11) is 0. The Balaban J connectivity index is 1.69. The van der Waals surface area contributed by atoms with Gasteiger partial charge in [-0.15, -0.1) is 0 Å². The summed E-state index contributed by atoms with van der Waals surface area (Å²) in [6.45, 7) is 7.62. The van der Waals surface area contributed by atoms with E-state index < -0.39 is 16.7 Å². The summed E-state index contributed by atoms with van der Waals surface area (Å²) in [6.07, 6.45) is 1.50. The number of nitro groups is 1. The summed E-state index contributed by atoms with van der Waals surface area (Å²) in [4.78, 5) is 39.4. The number of hydrogen-bond acceptors (Lipinski definition) is 5. The van der Waals surface area contributed by atoms with Gasteiger partial charge in [0, 0.05) is 29.3 Å². The van der Waals surface area contributed by atoms with Crippen molar-refractivity contribution in [2.24, 2.45) is 0 Å². The van der Waals surface area contributed by atoms with E-state index in [1.807, 2.05) is 75.4 Å². The van der Waals surface area contributed by atoms with Crippen LogP contribution in [0.25, 0.3) is 16.8 Å². The molecule has 0 spiro atoms. The van der Waals surface area contributed by atoms with Gasteiger partial charge in [0.05, 0.1) is 16.3 Å². The maximum Gasteiger partial charge on any atom is 0.273 e. The number of para-hydroxylation sites is 1. The van der Waals surface area contributed by atoms with E-state index in [0.717, 1.165) is 34.5 Å². The second-order valence-corrected chi connectivity index (χ2v) is 9.76. The van der Waals surface area contributed by atoms with E-state index in [2.05, 4.69) is 5.32 Å². The van der Waals surface area contributed by atoms with Crippen LogP contribution in [-0.2, 0) is 4.79 Å². The molecule has 1 N–H and O–H groups in total. The average Bonchev–Trinajstić information content (AvgIpc) is 3.26. The molecule has 0 unspecified atom stereocenters. The van der Waals surface area contributed by atoms with Crippen molar-refractivity contribution in [3.63, 3.8) is 0 Å². The fourth-order valence-corrected chi connectivity index (χ4v) is 4.64. The predicted molar refractivity (Wildman–Crippen MR) is 156 cm³/mol. The Morgan fingerprint density at radius 1 is 0.975 bits per heavy atom. The number of nitrogens with zero attached hydrogens (tertiary/aromatic N) is 4. The quantitative estimate of drug-likeness (QED) is 0.189. The zero-order chi connectivity index (χ0) is 28.8. The molecule has 0 atom stereocenters. The summed E-state index contributed by atoms with van der Waals surface area (Å²) in [5, 5.41) is 19.3. The maximum absolute atomic E-state index is 13.6. The molecule has 2 amide bonds. The first-order chi connectivity index (χ1) is 19.2. The van der Waals surface area contributed by atoms with E-state index in [9.17, 15) is 19.7 Å². The summed E-state index contributed by atoms with van der Waals surface area (Å²) < 4.78 is 1.73. The highest BCUT2D eigenvalue weighted by molar-refractivity contribution is 6.01. The average molecular weight is 540 g/mol. The first-order valence-corrected chi connectivity index (χ1v) is 13.3. The van der Waals surface area contributed by atoms with Crippen molar-refractivity contribution in [3.8, 4) is 16.8 Å². The van der Waals surface area contributed by atoms with Gasteiger partial charge in [-0.2, -0.15) is 5.10 Å². The van der Waals surface area contributed by atoms with E-state index in [1.54, 1.807) is 23.7 Å². The highest BCUT2D eigenvalue weighted by atomic mass is 16.6. The third-order valence-corrected chi connectivity index (χ3v) is 6.78. The zero-order valence-corrected chi connectivity index (χ0v) is 23.2. The molecule has 0 saturated heterocycles. The number of nitrogens with one attached hydrogen (secondary N) is 1. The van der Waals surface area contributed by atoms with Crippen LogP contribution >= 0.6 is 0 Å². The van der Waals surface area contributed by atoms with Crippen LogP contribution in [-0.4, -0.2) is 44.5 Å². The van der Waals surface area contributed by atoms with Crippen molar-refractivity contribution in [3.05, 3.63) is 105 Å². The van der Waals surface area contributed by atoms with Gasteiger partial charge in [-0.3, -0.25) is 19.7 Å². The fourth-order valence-electron chi connectivity index (χ4n) is 4.64. The van der Waals surface area contributed by atoms with Gasteiger partial charge in [0.25, 0.3) is 11.6 Å². The lowest BCUT2D eigenvalue weighted by atomic mass is 10.1. The first kappa shape index (κ1) is 28.2. The lowest BCUT2D eigenvalue weighted by Gasteiger charge is -2.23. The van der Waals surface area contributed by atoms with E-state index in [-0.39, 0.29) is 17.8 Å².